The summed E-state index contributed by atoms with van der Waals surface area (Å²) in [6.45, 7) is 0. The molecule has 1 N–H and O–H groups in total. The molecule has 23 heavy (non-hydrogen) atoms. The maximum absolute atomic E-state index is 12.3. The van der Waals surface area contributed by atoms with Crippen LogP contribution in [0.2, 0.25) is 0 Å². The Labute approximate surface area is 126 Å². The van der Waals surface area contributed by atoms with E-state index >= 15 is 0 Å². The zero-order valence-corrected chi connectivity index (χ0v) is 11.2. The summed E-state index contributed by atoms with van der Waals surface area (Å²) in [5.41, 5.74) is -0.328. The number of benzene rings is 2. The Bertz CT molecular complexity index is 611. The molecule has 9 heteroatoms. The van der Waals surface area contributed by atoms with Crippen LogP contribution in [0, 0.1) is 0 Å². The lowest BCUT2D eigenvalue weighted by Gasteiger charge is -2.17. The Morgan fingerprint density at radius 3 is 1.30 bits per heavy atom. The van der Waals surface area contributed by atoms with Crippen LogP contribution < -0.4 is 14.8 Å². The molecule has 0 aliphatic heterocycles. The number of hydrogen-bond donors (Lipinski definition) is 1. The van der Waals surface area contributed by atoms with Crippen molar-refractivity contribution in [1.29, 1.82) is 0 Å². The molecular formula is C14H9F6NO2. The Morgan fingerprint density at radius 2 is 0.957 bits per heavy atom. The second-order valence-electron chi connectivity index (χ2n) is 4.21. The third-order valence-electron chi connectivity index (χ3n) is 2.49. The van der Waals surface area contributed by atoms with E-state index in [-0.39, 0.29) is 11.4 Å². The zero-order chi connectivity index (χ0) is 17.1. The average Bonchev–Trinajstić information content (AvgIpc) is 2.40. The Morgan fingerprint density at radius 1 is 0.609 bits per heavy atom. The van der Waals surface area contributed by atoms with Crippen molar-refractivity contribution in [2.75, 3.05) is 5.32 Å². The van der Waals surface area contributed by atoms with Crippen molar-refractivity contribution in [3.8, 4) is 11.5 Å². The van der Waals surface area contributed by atoms with Gasteiger partial charge in [0, 0.05) is 0 Å². The third-order valence-corrected chi connectivity index (χ3v) is 2.49. The summed E-state index contributed by atoms with van der Waals surface area (Å²) in [7, 11) is 0. The number of nitrogens with one attached hydrogen (secondary N) is 1. The first-order valence-corrected chi connectivity index (χ1v) is 6.11. The van der Waals surface area contributed by atoms with Crippen molar-refractivity contribution in [2.24, 2.45) is 0 Å². The van der Waals surface area contributed by atoms with Gasteiger partial charge in [-0.05, 0) is 24.3 Å². The maximum atomic E-state index is 12.3. The smallest absolute Gasteiger partial charge is 0.404 e. The predicted octanol–water partition coefficient (Wildman–Crippen LogP) is 5.23. The highest BCUT2D eigenvalue weighted by molar-refractivity contribution is 5.70. The summed E-state index contributed by atoms with van der Waals surface area (Å²) in [5, 5.41) is 2.44. The van der Waals surface area contributed by atoms with Crippen LogP contribution >= 0.6 is 0 Å². The highest BCUT2D eigenvalue weighted by atomic mass is 19.4. The van der Waals surface area contributed by atoms with Crippen molar-refractivity contribution < 1.29 is 35.8 Å². The van der Waals surface area contributed by atoms with E-state index in [1.165, 1.54) is 36.4 Å². The number of alkyl halides is 6. The molecular weight excluding hydrogens is 328 g/mol. The zero-order valence-electron chi connectivity index (χ0n) is 11.2. The van der Waals surface area contributed by atoms with E-state index in [1.54, 1.807) is 0 Å². The number of rotatable bonds is 4. The third kappa shape index (κ3) is 5.28. The molecule has 0 aromatic heterocycles. The van der Waals surface area contributed by atoms with E-state index in [0.717, 1.165) is 12.1 Å². The molecule has 2 rings (SSSR count). The van der Waals surface area contributed by atoms with Gasteiger partial charge in [0.05, 0.1) is 11.4 Å². The van der Waals surface area contributed by atoms with Crippen LogP contribution in [0.25, 0.3) is 0 Å². The molecule has 124 valence electrons. The van der Waals surface area contributed by atoms with Gasteiger partial charge in [-0.2, -0.15) is 0 Å². The first-order chi connectivity index (χ1) is 10.6. The number of para-hydroxylation sites is 4. The highest BCUT2D eigenvalue weighted by Crippen LogP contribution is 2.36. The molecule has 0 saturated heterocycles. The molecule has 0 aliphatic rings. The molecule has 0 aliphatic carbocycles. The standard InChI is InChI=1S/C14H9F6NO2/c15-13(16,17)22-11-7-3-1-5-9(11)21-10-6-2-4-8-12(10)23-14(18,19)20/h1-8,21H. The van der Waals surface area contributed by atoms with Gasteiger partial charge < -0.3 is 14.8 Å². The monoisotopic (exact) mass is 337 g/mol. The summed E-state index contributed by atoms with van der Waals surface area (Å²) < 4.78 is 81.7. The summed E-state index contributed by atoms with van der Waals surface area (Å²) in [6.07, 6.45) is -9.86. The molecule has 2 aromatic rings. The van der Waals surface area contributed by atoms with Crippen LogP contribution in [0.5, 0.6) is 11.5 Å². The normalized spacial score (nSPS) is 11.9. The molecule has 0 amide bonds. The Hall–Kier alpha value is -2.58. The molecule has 0 heterocycles. The topological polar surface area (TPSA) is 30.5 Å². The van der Waals surface area contributed by atoms with Crippen LogP contribution in [0.1, 0.15) is 0 Å². The SMILES string of the molecule is FC(F)(F)Oc1ccccc1Nc1ccccc1OC(F)(F)F. The molecule has 0 atom stereocenters. The van der Waals surface area contributed by atoms with Gasteiger partial charge in [0.25, 0.3) is 0 Å². The molecule has 3 nitrogen and oxygen atoms in total. The number of hydrogen-bond acceptors (Lipinski definition) is 3. The van der Waals surface area contributed by atoms with Gasteiger partial charge in [-0.3, -0.25) is 0 Å². The quantitative estimate of drug-likeness (QED) is 0.775. The van der Waals surface area contributed by atoms with Gasteiger partial charge in [0.2, 0.25) is 0 Å². The minimum atomic E-state index is -4.93. The van der Waals surface area contributed by atoms with E-state index in [9.17, 15) is 26.3 Å². The van der Waals surface area contributed by atoms with Crippen LogP contribution in [0.3, 0.4) is 0 Å². The first-order valence-electron chi connectivity index (χ1n) is 6.11. The van der Waals surface area contributed by atoms with Gasteiger partial charge in [0.15, 0.2) is 11.5 Å². The average molecular weight is 337 g/mol. The second kappa shape index (κ2) is 6.27. The van der Waals surface area contributed by atoms with Crippen molar-refractivity contribution in [3.63, 3.8) is 0 Å². The molecule has 0 unspecified atom stereocenters. The lowest BCUT2D eigenvalue weighted by molar-refractivity contribution is -0.275. The molecule has 2 aromatic carbocycles. The molecule has 0 bridgehead atoms. The van der Waals surface area contributed by atoms with Gasteiger partial charge in [-0.15, -0.1) is 26.3 Å². The van der Waals surface area contributed by atoms with Crippen molar-refractivity contribution in [3.05, 3.63) is 48.5 Å². The maximum Gasteiger partial charge on any atom is 0.573 e. The lowest BCUT2D eigenvalue weighted by atomic mass is 10.2. The largest absolute Gasteiger partial charge is 0.573 e. The summed E-state index contributed by atoms with van der Waals surface area (Å²) >= 11 is 0. The minimum absolute atomic E-state index is 0.164. The van der Waals surface area contributed by atoms with Gasteiger partial charge >= 0.3 is 12.7 Å². The predicted molar refractivity (Wildman–Crippen MR) is 69.5 cm³/mol. The molecule has 0 saturated carbocycles. The van der Waals surface area contributed by atoms with Gasteiger partial charge in [-0.1, -0.05) is 24.3 Å². The van der Waals surface area contributed by atoms with Gasteiger partial charge in [0.1, 0.15) is 0 Å². The van der Waals surface area contributed by atoms with Crippen LogP contribution in [-0.2, 0) is 0 Å². The Kier molecular flexibility index (Phi) is 4.57. The van der Waals surface area contributed by atoms with Gasteiger partial charge in [-0.25, -0.2) is 0 Å². The number of anilines is 2. The fourth-order valence-corrected chi connectivity index (χ4v) is 1.71. The van der Waals surface area contributed by atoms with Crippen molar-refractivity contribution in [2.45, 2.75) is 12.7 Å². The van der Waals surface area contributed by atoms with Crippen LogP contribution in [0.15, 0.2) is 48.5 Å². The summed E-state index contributed by atoms with van der Waals surface area (Å²) in [5.74, 6) is -1.16. The van der Waals surface area contributed by atoms with E-state index < -0.39 is 24.2 Å². The summed E-state index contributed by atoms with van der Waals surface area (Å²) in [4.78, 5) is 0. The molecule has 0 fully saturated rings. The first kappa shape index (κ1) is 16.8. The molecule has 0 spiro atoms. The van der Waals surface area contributed by atoms with Crippen LogP contribution in [-0.4, -0.2) is 12.7 Å². The van der Waals surface area contributed by atoms with Crippen molar-refractivity contribution >= 4 is 11.4 Å². The fraction of sp³-hybridized carbons (Fsp3) is 0.143. The number of halogens is 6. The second-order valence-corrected chi connectivity index (χ2v) is 4.21. The fourth-order valence-electron chi connectivity index (χ4n) is 1.71. The highest BCUT2D eigenvalue weighted by Gasteiger charge is 2.33. The minimum Gasteiger partial charge on any atom is -0.404 e. The van der Waals surface area contributed by atoms with Crippen LogP contribution in [0.4, 0.5) is 37.7 Å². The Balaban J connectivity index is 2.30. The lowest BCUT2D eigenvalue weighted by Crippen LogP contribution is -2.19. The number of ether oxygens (including phenoxy) is 2. The summed E-state index contributed by atoms with van der Waals surface area (Å²) in [6, 6.07) is 9.91. The van der Waals surface area contributed by atoms with E-state index in [2.05, 4.69) is 14.8 Å². The van der Waals surface area contributed by atoms with Crippen molar-refractivity contribution in [1.82, 2.24) is 0 Å². The molecule has 0 radical (unpaired) electrons. The van der Waals surface area contributed by atoms with E-state index in [4.69, 9.17) is 0 Å². The van der Waals surface area contributed by atoms with E-state index in [1.807, 2.05) is 0 Å². The van der Waals surface area contributed by atoms with E-state index in [0.29, 0.717) is 0 Å².